The maximum absolute atomic E-state index is 10.4. The normalized spacial score (nSPS) is 23.7. The highest BCUT2D eigenvalue weighted by Crippen LogP contribution is 2.35. The van der Waals surface area contributed by atoms with Gasteiger partial charge in [-0.25, -0.2) is 0 Å². The summed E-state index contributed by atoms with van der Waals surface area (Å²) in [6.07, 6.45) is 2.12. The molecule has 3 rings (SSSR count). The van der Waals surface area contributed by atoms with E-state index in [0.717, 1.165) is 36.1 Å². The van der Waals surface area contributed by atoms with Gasteiger partial charge < -0.3 is 14.6 Å². The molecule has 2 aliphatic heterocycles. The van der Waals surface area contributed by atoms with E-state index in [-0.39, 0.29) is 0 Å². The van der Waals surface area contributed by atoms with Crippen LogP contribution in [0.2, 0.25) is 0 Å². The highest BCUT2D eigenvalue weighted by Gasteiger charge is 2.38. The van der Waals surface area contributed by atoms with Gasteiger partial charge in [-0.15, -0.1) is 0 Å². The largest absolute Gasteiger partial charge is 0.381 e. The Labute approximate surface area is 115 Å². The van der Waals surface area contributed by atoms with Gasteiger partial charge >= 0.3 is 0 Å². The smallest absolute Gasteiger partial charge is 0.136 e. The van der Waals surface area contributed by atoms with Gasteiger partial charge in [-0.2, -0.15) is 0 Å². The van der Waals surface area contributed by atoms with E-state index in [0.29, 0.717) is 19.1 Å². The number of ether oxygens (including phenoxy) is 2. The third kappa shape index (κ3) is 2.35. The van der Waals surface area contributed by atoms with E-state index in [2.05, 4.69) is 28.1 Å². The minimum atomic E-state index is -0.788. The molecule has 4 heteroatoms. The lowest BCUT2D eigenvalue weighted by Crippen LogP contribution is -2.46. The Bertz CT molecular complexity index is 437. The summed E-state index contributed by atoms with van der Waals surface area (Å²) in [7, 11) is 0. The van der Waals surface area contributed by atoms with Crippen molar-refractivity contribution in [3.63, 3.8) is 0 Å². The Hall–Kier alpha value is -0.420. The van der Waals surface area contributed by atoms with Crippen molar-refractivity contribution in [1.29, 1.82) is 0 Å². The van der Waals surface area contributed by atoms with Gasteiger partial charge in [0.1, 0.15) is 5.60 Å². The molecule has 2 heterocycles. The standard InChI is InChI=1S/C14H17BrO3/c15-13-6-11(10-1-3-17-4-2-10)5-12(7-13)14(16)8-18-9-14/h5-7,10,16H,1-4,8-9H2. The summed E-state index contributed by atoms with van der Waals surface area (Å²) in [6, 6.07) is 6.27. The molecule has 0 radical (unpaired) electrons. The van der Waals surface area contributed by atoms with Gasteiger partial charge in [-0.05, 0) is 42.0 Å². The summed E-state index contributed by atoms with van der Waals surface area (Å²) >= 11 is 3.54. The fraction of sp³-hybridized carbons (Fsp3) is 0.571. The predicted molar refractivity (Wildman–Crippen MR) is 71.7 cm³/mol. The number of aliphatic hydroxyl groups is 1. The van der Waals surface area contributed by atoms with E-state index < -0.39 is 5.60 Å². The van der Waals surface area contributed by atoms with E-state index in [1.807, 2.05) is 6.07 Å². The Kier molecular flexibility index (Phi) is 3.45. The quantitative estimate of drug-likeness (QED) is 0.912. The zero-order valence-corrected chi connectivity index (χ0v) is 11.8. The van der Waals surface area contributed by atoms with Crippen LogP contribution in [0.15, 0.2) is 22.7 Å². The van der Waals surface area contributed by atoms with Crippen LogP contribution in [0, 0.1) is 0 Å². The van der Waals surface area contributed by atoms with Crippen molar-refractivity contribution in [3.05, 3.63) is 33.8 Å². The molecule has 0 aromatic heterocycles. The van der Waals surface area contributed by atoms with Crippen LogP contribution in [-0.4, -0.2) is 31.5 Å². The first-order chi connectivity index (χ1) is 8.67. The summed E-state index contributed by atoms with van der Waals surface area (Å²) in [5, 5.41) is 10.4. The Morgan fingerprint density at radius 3 is 2.44 bits per heavy atom. The lowest BCUT2D eigenvalue weighted by molar-refractivity contribution is -0.184. The van der Waals surface area contributed by atoms with Crippen LogP contribution in [0.3, 0.4) is 0 Å². The first kappa shape index (κ1) is 12.6. The number of rotatable bonds is 2. The molecule has 0 aliphatic carbocycles. The maximum atomic E-state index is 10.4. The molecule has 1 N–H and O–H groups in total. The molecule has 1 aromatic rings. The van der Waals surface area contributed by atoms with Gasteiger partial charge in [-0.3, -0.25) is 0 Å². The molecular weight excluding hydrogens is 296 g/mol. The summed E-state index contributed by atoms with van der Waals surface area (Å²) < 4.78 is 11.6. The molecule has 0 amide bonds. The average Bonchev–Trinajstić information content (AvgIpc) is 2.36. The molecule has 0 bridgehead atoms. The number of hydrogen-bond donors (Lipinski definition) is 1. The molecule has 0 spiro atoms. The van der Waals surface area contributed by atoms with Crippen LogP contribution in [0.25, 0.3) is 0 Å². The van der Waals surface area contributed by atoms with Crippen molar-refractivity contribution < 1.29 is 14.6 Å². The first-order valence-corrected chi connectivity index (χ1v) is 7.15. The van der Waals surface area contributed by atoms with Crippen LogP contribution in [0.4, 0.5) is 0 Å². The Balaban J connectivity index is 1.90. The fourth-order valence-corrected chi connectivity index (χ4v) is 3.12. The van der Waals surface area contributed by atoms with E-state index in [4.69, 9.17) is 9.47 Å². The lowest BCUT2D eigenvalue weighted by atomic mass is 9.86. The molecule has 2 saturated heterocycles. The average molecular weight is 313 g/mol. The molecule has 0 saturated carbocycles. The summed E-state index contributed by atoms with van der Waals surface area (Å²) in [6.45, 7) is 2.47. The van der Waals surface area contributed by atoms with Gasteiger partial charge in [0.05, 0.1) is 13.2 Å². The van der Waals surface area contributed by atoms with E-state index in [1.54, 1.807) is 0 Å². The maximum Gasteiger partial charge on any atom is 0.136 e. The van der Waals surface area contributed by atoms with Crippen molar-refractivity contribution >= 4 is 15.9 Å². The van der Waals surface area contributed by atoms with Crippen molar-refractivity contribution in [3.8, 4) is 0 Å². The van der Waals surface area contributed by atoms with Crippen LogP contribution in [0.5, 0.6) is 0 Å². The van der Waals surface area contributed by atoms with Crippen LogP contribution in [-0.2, 0) is 15.1 Å². The second-order valence-electron chi connectivity index (χ2n) is 5.18. The van der Waals surface area contributed by atoms with Gasteiger partial charge in [-0.1, -0.05) is 22.0 Å². The van der Waals surface area contributed by atoms with Gasteiger partial charge in [0, 0.05) is 17.7 Å². The molecular formula is C14H17BrO3. The van der Waals surface area contributed by atoms with E-state index in [9.17, 15) is 5.11 Å². The molecule has 18 heavy (non-hydrogen) atoms. The van der Waals surface area contributed by atoms with Crippen molar-refractivity contribution in [2.75, 3.05) is 26.4 Å². The zero-order valence-electron chi connectivity index (χ0n) is 10.2. The monoisotopic (exact) mass is 312 g/mol. The number of halogens is 1. The third-order valence-electron chi connectivity index (χ3n) is 3.83. The van der Waals surface area contributed by atoms with E-state index >= 15 is 0 Å². The van der Waals surface area contributed by atoms with Gasteiger partial charge in [0.25, 0.3) is 0 Å². The Morgan fingerprint density at radius 2 is 1.83 bits per heavy atom. The second-order valence-corrected chi connectivity index (χ2v) is 6.10. The minimum absolute atomic E-state index is 0.399. The minimum Gasteiger partial charge on any atom is -0.381 e. The molecule has 0 atom stereocenters. The SMILES string of the molecule is OC1(c2cc(Br)cc(C3CCOCC3)c2)COC1. The summed E-state index contributed by atoms with van der Waals surface area (Å²) in [4.78, 5) is 0. The molecule has 0 unspecified atom stereocenters. The van der Waals surface area contributed by atoms with E-state index in [1.165, 1.54) is 5.56 Å². The number of benzene rings is 1. The lowest BCUT2D eigenvalue weighted by Gasteiger charge is -2.37. The van der Waals surface area contributed by atoms with Gasteiger partial charge in [0.2, 0.25) is 0 Å². The topological polar surface area (TPSA) is 38.7 Å². The van der Waals surface area contributed by atoms with Crippen molar-refractivity contribution in [1.82, 2.24) is 0 Å². The highest BCUT2D eigenvalue weighted by atomic mass is 79.9. The zero-order chi connectivity index (χ0) is 12.6. The Morgan fingerprint density at radius 1 is 1.11 bits per heavy atom. The van der Waals surface area contributed by atoms with Gasteiger partial charge in [0.15, 0.2) is 0 Å². The van der Waals surface area contributed by atoms with Crippen molar-refractivity contribution in [2.45, 2.75) is 24.4 Å². The molecule has 2 aliphatic rings. The molecule has 98 valence electrons. The molecule has 3 nitrogen and oxygen atoms in total. The van der Waals surface area contributed by atoms with Crippen LogP contribution < -0.4 is 0 Å². The summed E-state index contributed by atoms with van der Waals surface area (Å²) in [5.74, 6) is 0.541. The highest BCUT2D eigenvalue weighted by molar-refractivity contribution is 9.10. The van der Waals surface area contributed by atoms with Crippen LogP contribution in [0.1, 0.15) is 29.9 Å². The second kappa shape index (κ2) is 4.93. The fourth-order valence-electron chi connectivity index (χ4n) is 2.61. The molecule has 2 fully saturated rings. The summed E-state index contributed by atoms with van der Waals surface area (Å²) in [5.41, 5.74) is 1.47. The first-order valence-electron chi connectivity index (χ1n) is 6.36. The predicted octanol–water partition coefficient (Wildman–Crippen LogP) is 2.56. The van der Waals surface area contributed by atoms with Crippen LogP contribution >= 0.6 is 15.9 Å². The molecule has 1 aromatic carbocycles. The number of hydrogen-bond acceptors (Lipinski definition) is 3. The van der Waals surface area contributed by atoms with Crippen molar-refractivity contribution in [2.24, 2.45) is 0 Å². The third-order valence-corrected chi connectivity index (χ3v) is 4.29.